The molecule has 1 aromatic rings. The SMILES string of the molecule is CCC(C)CSC(CN)c1ccccc1Br. The first-order valence-corrected chi connectivity index (χ1v) is 7.59. The van der Waals surface area contributed by atoms with Gasteiger partial charge in [0, 0.05) is 16.3 Å². The molecule has 0 saturated heterocycles. The maximum atomic E-state index is 5.86. The molecule has 0 spiro atoms. The summed E-state index contributed by atoms with van der Waals surface area (Å²) in [4.78, 5) is 0. The Morgan fingerprint density at radius 1 is 1.38 bits per heavy atom. The van der Waals surface area contributed by atoms with Crippen molar-refractivity contribution >= 4 is 27.7 Å². The topological polar surface area (TPSA) is 26.0 Å². The normalized spacial score (nSPS) is 14.8. The predicted octanol–water partition coefficient (Wildman–Crippen LogP) is 4.23. The fourth-order valence-electron chi connectivity index (χ4n) is 1.42. The Morgan fingerprint density at radius 2 is 2.06 bits per heavy atom. The van der Waals surface area contributed by atoms with Gasteiger partial charge in [0.25, 0.3) is 0 Å². The van der Waals surface area contributed by atoms with E-state index in [4.69, 9.17) is 5.73 Å². The van der Waals surface area contributed by atoms with Gasteiger partial charge in [-0.1, -0.05) is 54.4 Å². The smallest absolute Gasteiger partial charge is 0.0430 e. The zero-order valence-corrected chi connectivity index (χ0v) is 12.4. The van der Waals surface area contributed by atoms with Gasteiger partial charge in [-0.3, -0.25) is 0 Å². The maximum absolute atomic E-state index is 5.86. The van der Waals surface area contributed by atoms with E-state index in [1.807, 2.05) is 17.8 Å². The molecule has 0 heterocycles. The molecule has 0 aliphatic carbocycles. The lowest BCUT2D eigenvalue weighted by Gasteiger charge is -2.18. The largest absolute Gasteiger partial charge is 0.329 e. The second-order valence-corrected chi connectivity index (χ2v) is 6.18. The van der Waals surface area contributed by atoms with Crippen molar-refractivity contribution in [2.45, 2.75) is 25.5 Å². The lowest BCUT2D eigenvalue weighted by atomic mass is 10.1. The van der Waals surface area contributed by atoms with Crippen LogP contribution in [0.25, 0.3) is 0 Å². The molecule has 0 aromatic heterocycles. The highest BCUT2D eigenvalue weighted by molar-refractivity contribution is 9.10. The Hall–Kier alpha value is 0.01000. The molecule has 2 atom stereocenters. The summed E-state index contributed by atoms with van der Waals surface area (Å²) in [6.07, 6.45) is 1.24. The predicted molar refractivity (Wildman–Crippen MR) is 77.9 cm³/mol. The van der Waals surface area contributed by atoms with Crippen molar-refractivity contribution in [2.75, 3.05) is 12.3 Å². The summed E-state index contributed by atoms with van der Waals surface area (Å²) in [6.45, 7) is 5.23. The molecule has 0 radical (unpaired) electrons. The summed E-state index contributed by atoms with van der Waals surface area (Å²) in [5.74, 6) is 1.95. The van der Waals surface area contributed by atoms with Gasteiger partial charge in [-0.15, -0.1) is 0 Å². The van der Waals surface area contributed by atoms with Gasteiger partial charge < -0.3 is 5.73 Å². The van der Waals surface area contributed by atoms with Gasteiger partial charge >= 0.3 is 0 Å². The highest BCUT2D eigenvalue weighted by atomic mass is 79.9. The van der Waals surface area contributed by atoms with Gasteiger partial charge in [0.1, 0.15) is 0 Å². The van der Waals surface area contributed by atoms with Crippen LogP contribution in [0.5, 0.6) is 0 Å². The summed E-state index contributed by atoms with van der Waals surface area (Å²) < 4.78 is 1.17. The molecular formula is C13H20BrNS. The standard InChI is InChI=1S/C13H20BrNS/c1-3-10(2)9-16-13(8-15)11-6-4-5-7-12(11)14/h4-7,10,13H,3,8-9,15H2,1-2H3. The van der Waals surface area contributed by atoms with E-state index in [1.165, 1.54) is 22.2 Å². The summed E-state index contributed by atoms with van der Waals surface area (Å²) in [5.41, 5.74) is 7.18. The van der Waals surface area contributed by atoms with Crippen LogP contribution in [0, 0.1) is 5.92 Å². The Labute approximate surface area is 111 Å². The van der Waals surface area contributed by atoms with Crippen molar-refractivity contribution in [1.82, 2.24) is 0 Å². The minimum Gasteiger partial charge on any atom is -0.329 e. The van der Waals surface area contributed by atoms with Crippen molar-refractivity contribution in [3.05, 3.63) is 34.3 Å². The molecule has 0 saturated carbocycles. The molecule has 3 heteroatoms. The molecule has 0 aliphatic heterocycles. The molecule has 1 aromatic carbocycles. The Kier molecular flexibility index (Phi) is 6.47. The number of rotatable bonds is 6. The highest BCUT2D eigenvalue weighted by Gasteiger charge is 2.13. The molecule has 1 rings (SSSR count). The summed E-state index contributed by atoms with van der Waals surface area (Å²) in [5, 5.41) is 0.407. The Morgan fingerprint density at radius 3 is 2.62 bits per heavy atom. The summed E-state index contributed by atoms with van der Waals surface area (Å²) >= 11 is 5.56. The molecule has 0 bridgehead atoms. The van der Waals surface area contributed by atoms with Crippen molar-refractivity contribution in [3.8, 4) is 0 Å². The molecule has 1 nitrogen and oxygen atoms in total. The first kappa shape index (κ1) is 14.1. The van der Waals surface area contributed by atoms with E-state index in [1.54, 1.807) is 0 Å². The van der Waals surface area contributed by atoms with E-state index >= 15 is 0 Å². The van der Waals surface area contributed by atoms with E-state index < -0.39 is 0 Å². The van der Waals surface area contributed by atoms with Crippen LogP contribution in [0.3, 0.4) is 0 Å². The summed E-state index contributed by atoms with van der Waals surface area (Å²) in [7, 11) is 0. The minimum absolute atomic E-state index is 0.407. The van der Waals surface area contributed by atoms with Gasteiger partial charge in [0.2, 0.25) is 0 Å². The van der Waals surface area contributed by atoms with E-state index in [0.717, 1.165) is 5.92 Å². The van der Waals surface area contributed by atoms with Crippen LogP contribution >= 0.6 is 27.7 Å². The first-order valence-electron chi connectivity index (χ1n) is 5.75. The number of hydrogen-bond donors (Lipinski definition) is 1. The van der Waals surface area contributed by atoms with Crippen LogP contribution in [0.4, 0.5) is 0 Å². The molecule has 0 fully saturated rings. The first-order chi connectivity index (χ1) is 7.69. The number of benzene rings is 1. The van der Waals surface area contributed by atoms with Gasteiger partial charge in [-0.2, -0.15) is 11.8 Å². The van der Waals surface area contributed by atoms with Crippen LogP contribution in [0.1, 0.15) is 31.1 Å². The van der Waals surface area contributed by atoms with Crippen molar-refractivity contribution in [2.24, 2.45) is 11.7 Å². The highest BCUT2D eigenvalue weighted by Crippen LogP contribution is 2.34. The molecule has 0 amide bonds. The van der Waals surface area contributed by atoms with Crippen LogP contribution in [-0.4, -0.2) is 12.3 Å². The van der Waals surface area contributed by atoms with E-state index in [0.29, 0.717) is 11.8 Å². The molecule has 16 heavy (non-hydrogen) atoms. The molecule has 0 aliphatic rings. The fourth-order valence-corrected chi connectivity index (χ4v) is 3.45. The zero-order chi connectivity index (χ0) is 12.0. The van der Waals surface area contributed by atoms with Crippen LogP contribution in [0.15, 0.2) is 28.7 Å². The zero-order valence-electron chi connectivity index (χ0n) is 9.95. The van der Waals surface area contributed by atoms with E-state index in [2.05, 4.69) is 48.0 Å². The van der Waals surface area contributed by atoms with Gasteiger partial charge in [-0.25, -0.2) is 0 Å². The quantitative estimate of drug-likeness (QED) is 0.851. The third kappa shape index (κ3) is 4.11. The molecule has 90 valence electrons. The maximum Gasteiger partial charge on any atom is 0.0430 e. The number of halogens is 1. The van der Waals surface area contributed by atoms with Crippen molar-refractivity contribution in [1.29, 1.82) is 0 Å². The van der Waals surface area contributed by atoms with Crippen molar-refractivity contribution in [3.63, 3.8) is 0 Å². The van der Waals surface area contributed by atoms with Crippen LogP contribution in [-0.2, 0) is 0 Å². The number of hydrogen-bond acceptors (Lipinski definition) is 2. The van der Waals surface area contributed by atoms with Gasteiger partial charge in [-0.05, 0) is 23.3 Å². The summed E-state index contributed by atoms with van der Waals surface area (Å²) in [6, 6.07) is 8.36. The monoisotopic (exact) mass is 301 g/mol. The molecule has 2 unspecified atom stereocenters. The van der Waals surface area contributed by atoms with Gasteiger partial charge in [0.15, 0.2) is 0 Å². The average Bonchev–Trinajstić information content (AvgIpc) is 2.31. The number of thioether (sulfide) groups is 1. The third-order valence-corrected chi connectivity index (χ3v) is 5.08. The van der Waals surface area contributed by atoms with Crippen LogP contribution in [0.2, 0.25) is 0 Å². The average molecular weight is 302 g/mol. The molecule has 2 N–H and O–H groups in total. The molecular weight excluding hydrogens is 282 g/mol. The second-order valence-electron chi connectivity index (χ2n) is 4.09. The number of nitrogens with two attached hydrogens (primary N) is 1. The van der Waals surface area contributed by atoms with Crippen LogP contribution < -0.4 is 5.73 Å². The lowest BCUT2D eigenvalue weighted by Crippen LogP contribution is -2.12. The van der Waals surface area contributed by atoms with E-state index in [9.17, 15) is 0 Å². The fraction of sp³-hybridized carbons (Fsp3) is 0.538. The van der Waals surface area contributed by atoms with E-state index in [-0.39, 0.29) is 0 Å². The van der Waals surface area contributed by atoms with Gasteiger partial charge in [0.05, 0.1) is 0 Å². The second kappa shape index (κ2) is 7.36. The lowest BCUT2D eigenvalue weighted by molar-refractivity contribution is 0.635. The Bertz CT molecular complexity index is 317. The third-order valence-electron chi connectivity index (χ3n) is 2.75. The Balaban J connectivity index is 2.64. The minimum atomic E-state index is 0.407. The van der Waals surface area contributed by atoms with Crippen molar-refractivity contribution < 1.29 is 0 Å².